The highest BCUT2D eigenvalue weighted by molar-refractivity contribution is 7.46. The van der Waals surface area contributed by atoms with Gasteiger partial charge in [-0.1, -0.05) is 6.08 Å². The summed E-state index contributed by atoms with van der Waals surface area (Å²) in [6.07, 6.45) is 4.58. The van der Waals surface area contributed by atoms with Crippen LogP contribution in [0.15, 0.2) is 37.1 Å². The molecule has 0 spiro atoms. The summed E-state index contributed by atoms with van der Waals surface area (Å²) in [5.41, 5.74) is 1.99. The van der Waals surface area contributed by atoms with E-state index in [2.05, 4.69) is 21.0 Å². The average molecular weight is 310 g/mol. The van der Waals surface area contributed by atoms with Crippen molar-refractivity contribution in [2.75, 3.05) is 20.1 Å². The molecule has 1 aromatic heterocycles. The number of phosphoric ester groups is 1. The number of hydrogen-bond donors (Lipinski definition) is 3. The summed E-state index contributed by atoms with van der Waals surface area (Å²) in [6.45, 7) is 5.38. The van der Waals surface area contributed by atoms with Gasteiger partial charge >= 0.3 is 7.82 Å². The SMILES string of the molecule is C=CCN(C)CCc1c[nH]c2ccc(OP(=O)(O)O)cc12. The van der Waals surface area contributed by atoms with Crippen LogP contribution in [0.1, 0.15) is 5.56 Å². The molecule has 1 aromatic carbocycles. The molecule has 0 aliphatic rings. The molecule has 2 rings (SSSR count). The molecule has 0 fully saturated rings. The molecular weight excluding hydrogens is 291 g/mol. The predicted molar refractivity (Wildman–Crippen MR) is 82.4 cm³/mol. The molecule has 2 aromatic rings. The Labute approximate surface area is 123 Å². The van der Waals surface area contributed by atoms with Crippen LogP contribution < -0.4 is 4.52 Å². The first-order chi connectivity index (χ1) is 9.89. The minimum absolute atomic E-state index is 0.163. The van der Waals surface area contributed by atoms with Gasteiger partial charge in [-0.25, -0.2) is 4.57 Å². The summed E-state index contributed by atoms with van der Waals surface area (Å²) >= 11 is 0. The zero-order chi connectivity index (χ0) is 15.5. The highest BCUT2D eigenvalue weighted by Crippen LogP contribution is 2.38. The van der Waals surface area contributed by atoms with Gasteiger partial charge in [0.25, 0.3) is 0 Å². The van der Waals surface area contributed by atoms with Crippen LogP contribution in [-0.4, -0.2) is 39.8 Å². The number of likely N-dealkylation sites (N-methyl/N-ethyl adjacent to an activating group) is 1. The third-order valence-corrected chi connectivity index (χ3v) is 3.62. The molecule has 1 heterocycles. The van der Waals surface area contributed by atoms with Crippen LogP contribution in [0.4, 0.5) is 0 Å². The van der Waals surface area contributed by atoms with Crippen LogP contribution in [0.2, 0.25) is 0 Å². The Bertz CT molecular complexity index is 677. The first-order valence-electron chi connectivity index (χ1n) is 6.53. The summed E-state index contributed by atoms with van der Waals surface area (Å²) in [4.78, 5) is 23.0. The van der Waals surface area contributed by atoms with E-state index in [4.69, 9.17) is 9.79 Å². The number of nitrogens with zero attached hydrogens (tertiary/aromatic N) is 1. The number of hydrogen-bond acceptors (Lipinski definition) is 3. The molecule has 0 saturated heterocycles. The molecule has 0 atom stereocenters. The van der Waals surface area contributed by atoms with Gasteiger partial charge < -0.3 is 14.4 Å². The van der Waals surface area contributed by atoms with Gasteiger partial charge in [0.05, 0.1) is 0 Å². The highest BCUT2D eigenvalue weighted by Gasteiger charge is 2.16. The number of nitrogens with one attached hydrogen (secondary N) is 1. The lowest BCUT2D eigenvalue weighted by atomic mass is 10.1. The first-order valence-corrected chi connectivity index (χ1v) is 8.06. The van der Waals surface area contributed by atoms with Gasteiger partial charge in [0.15, 0.2) is 0 Å². The molecule has 3 N–H and O–H groups in total. The summed E-state index contributed by atoms with van der Waals surface area (Å²) in [5, 5.41) is 0.910. The number of H-pyrrole nitrogens is 1. The Hall–Kier alpha value is -1.59. The fraction of sp³-hybridized carbons (Fsp3) is 0.286. The summed E-state index contributed by atoms with van der Waals surface area (Å²) in [5.74, 6) is 0.163. The molecule has 0 aliphatic heterocycles. The number of benzene rings is 1. The normalized spacial score (nSPS) is 12.0. The molecule has 0 bridgehead atoms. The van der Waals surface area contributed by atoms with Crippen LogP contribution in [0.5, 0.6) is 5.75 Å². The Morgan fingerprint density at radius 1 is 1.48 bits per heavy atom. The monoisotopic (exact) mass is 310 g/mol. The number of aromatic nitrogens is 1. The Kier molecular flexibility index (Phi) is 4.85. The topological polar surface area (TPSA) is 85.8 Å². The third-order valence-electron chi connectivity index (χ3n) is 3.17. The van der Waals surface area contributed by atoms with Crippen molar-refractivity contribution < 1.29 is 18.9 Å². The second kappa shape index (κ2) is 6.45. The Morgan fingerprint density at radius 2 is 2.24 bits per heavy atom. The van der Waals surface area contributed by atoms with E-state index in [0.717, 1.165) is 36.0 Å². The molecule has 6 nitrogen and oxygen atoms in total. The van der Waals surface area contributed by atoms with Gasteiger partial charge in [0.1, 0.15) is 5.75 Å². The van der Waals surface area contributed by atoms with Crippen molar-refractivity contribution in [3.8, 4) is 5.75 Å². The Balaban J connectivity index is 2.18. The fourth-order valence-electron chi connectivity index (χ4n) is 2.18. The van der Waals surface area contributed by atoms with E-state index in [1.807, 2.05) is 19.3 Å². The average Bonchev–Trinajstić information content (AvgIpc) is 2.77. The molecule has 7 heteroatoms. The fourth-order valence-corrected chi connectivity index (χ4v) is 2.57. The first kappa shape index (κ1) is 15.8. The number of phosphoric acid groups is 1. The quantitative estimate of drug-likeness (QED) is 0.540. The molecule has 0 aliphatic carbocycles. The van der Waals surface area contributed by atoms with E-state index >= 15 is 0 Å². The maximum absolute atomic E-state index is 10.9. The summed E-state index contributed by atoms with van der Waals surface area (Å²) < 4.78 is 15.5. The van der Waals surface area contributed by atoms with Crippen molar-refractivity contribution in [3.05, 3.63) is 42.6 Å². The van der Waals surface area contributed by atoms with Crippen molar-refractivity contribution in [1.29, 1.82) is 0 Å². The largest absolute Gasteiger partial charge is 0.524 e. The molecule has 21 heavy (non-hydrogen) atoms. The minimum Gasteiger partial charge on any atom is -0.404 e. The van der Waals surface area contributed by atoms with E-state index in [1.54, 1.807) is 12.1 Å². The van der Waals surface area contributed by atoms with Crippen LogP contribution >= 0.6 is 7.82 Å². The van der Waals surface area contributed by atoms with Gasteiger partial charge in [-0.2, -0.15) is 0 Å². The van der Waals surface area contributed by atoms with E-state index in [9.17, 15) is 4.57 Å². The second-order valence-electron chi connectivity index (χ2n) is 4.90. The highest BCUT2D eigenvalue weighted by atomic mass is 31.2. The standard InChI is InChI=1S/C14H19N2O4P/c1-3-7-16(2)8-6-11-10-15-14-5-4-12(9-13(11)14)20-21(17,18)19/h3-5,9-10,15H,1,6-8H2,2H3,(H2,17,18,19). The number of fused-ring (bicyclic) bond motifs is 1. The van der Waals surface area contributed by atoms with E-state index in [0.29, 0.717) is 0 Å². The zero-order valence-electron chi connectivity index (χ0n) is 11.8. The van der Waals surface area contributed by atoms with Gasteiger partial charge in [0, 0.05) is 30.2 Å². The summed E-state index contributed by atoms with van der Waals surface area (Å²) in [6, 6.07) is 4.93. The minimum atomic E-state index is -4.53. The molecule has 114 valence electrons. The smallest absolute Gasteiger partial charge is 0.404 e. The Morgan fingerprint density at radius 3 is 2.90 bits per heavy atom. The van der Waals surface area contributed by atoms with Crippen molar-refractivity contribution >= 4 is 18.7 Å². The van der Waals surface area contributed by atoms with Gasteiger partial charge in [-0.05, 0) is 37.2 Å². The van der Waals surface area contributed by atoms with Crippen molar-refractivity contribution in [1.82, 2.24) is 9.88 Å². The van der Waals surface area contributed by atoms with E-state index in [-0.39, 0.29) is 5.75 Å². The van der Waals surface area contributed by atoms with Crippen LogP contribution in [0.25, 0.3) is 10.9 Å². The predicted octanol–water partition coefficient (Wildman–Crippen LogP) is 2.30. The number of rotatable bonds is 7. The molecular formula is C14H19N2O4P. The molecule has 0 amide bonds. The molecule has 0 radical (unpaired) electrons. The number of aromatic amines is 1. The molecule has 0 saturated carbocycles. The second-order valence-corrected chi connectivity index (χ2v) is 6.07. The van der Waals surface area contributed by atoms with Crippen molar-refractivity contribution in [2.45, 2.75) is 6.42 Å². The lowest BCUT2D eigenvalue weighted by Crippen LogP contribution is -2.20. The van der Waals surface area contributed by atoms with Crippen molar-refractivity contribution in [3.63, 3.8) is 0 Å². The van der Waals surface area contributed by atoms with Gasteiger partial charge in [-0.3, -0.25) is 9.79 Å². The molecule has 0 unspecified atom stereocenters. The lowest BCUT2D eigenvalue weighted by molar-refractivity contribution is 0.283. The van der Waals surface area contributed by atoms with Gasteiger partial charge in [-0.15, -0.1) is 6.58 Å². The zero-order valence-corrected chi connectivity index (χ0v) is 12.7. The summed E-state index contributed by atoms with van der Waals surface area (Å²) in [7, 11) is -2.52. The van der Waals surface area contributed by atoms with Crippen molar-refractivity contribution in [2.24, 2.45) is 0 Å². The van der Waals surface area contributed by atoms with Crippen LogP contribution in [0, 0.1) is 0 Å². The van der Waals surface area contributed by atoms with E-state index in [1.165, 1.54) is 6.07 Å². The van der Waals surface area contributed by atoms with Crippen LogP contribution in [-0.2, 0) is 11.0 Å². The van der Waals surface area contributed by atoms with Gasteiger partial charge in [0.2, 0.25) is 0 Å². The maximum Gasteiger partial charge on any atom is 0.524 e. The maximum atomic E-state index is 10.9. The lowest BCUT2D eigenvalue weighted by Gasteiger charge is -2.13. The van der Waals surface area contributed by atoms with E-state index < -0.39 is 7.82 Å². The third kappa shape index (κ3) is 4.44. The van der Waals surface area contributed by atoms with Crippen LogP contribution in [0.3, 0.4) is 0 Å².